The van der Waals surface area contributed by atoms with Gasteiger partial charge in [-0.15, -0.1) is 0 Å². The SMILES string of the molecule is Cn1cccc1C(=O)N1CCc2nn(CC#N)c(=O)n2CC1. The van der Waals surface area contributed by atoms with Crippen molar-refractivity contribution in [1.82, 2.24) is 23.8 Å². The summed E-state index contributed by atoms with van der Waals surface area (Å²) in [6, 6.07) is 5.53. The Morgan fingerprint density at radius 1 is 1.41 bits per heavy atom. The normalized spacial score (nSPS) is 14.3. The first-order valence-electron chi connectivity index (χ1n) is 7.06. The van der Waals surface area contributed by atoms with E-state index in [9.17, 15) is 9.59 Å². The van der Waals surface area contributed by atoms with Crippen LogP contribution in [-0.4, -0.2) is 42.8 Å². The highest BCUT2D eigenvalue weighted by molar-refractivity contribution is 5.92. The maximum absolute atomic E-state index is 12.5. The van der Waals surface area contributed by atoms with Gasteiger partial charge in [-0.05, 0) is 12.1 Å². The van der Waals surface area contributed by atoms with E-state index >= 15 is 0 Å². The molecular formula is C14H16N6O2. The van der Waals surface area contributed by atoms with Crippen LogP contribution < -0.4 is 5.69 Å². The molecule has 8 heteroatoms. The first-order valence-corrected chi connectivity index (χ1v) is 7.06. The molecule has 1 amide bonds. The van der Waals surface area contributed by atoms with Crippen molar-refractivity contribution in [1.29, 1.82) is 5.26 Å². The molecule has 0 saturated carbocycles. The summed E-state index contributed by atoms with van der Waals surface area (Å²) in [4.78, 5) is 26.4. The summed E-state index contributed by atoms with van der Waals surface area (Å²) in [5.74, 6) is 0.582. The number of amides is 1. The highest BCUT2D eigenvalue weighted by atomic mass is 16.2. The fraction of sp³-hybridized carbons (Fsp3) is 0.429. The molecule has 0 N–H and O–H groups in total. The van der Waals surface area contributed by atoms with Crippen LogP contribution in [0.1, 0.15) is 16.3 Å². The molecule has 1 aliphatic rings. The van der Waals surface area contributed by atoms with E-state index in [4.69, 9.17) is 5.26 Å². The Hall–Kier alpha value is -2.82. The van der Waals surface area contributed by atoms with Crippen LogP contribution in [0.4, 0.5) is 0 Å². The number of fused-ring (bicyclic) bond motifs is 1. The second-order valence-corrected chi connectivity index (χ2v) is 5.21. The van der Waals surface area contributed by atoms with Crippen molar-refractivity contribution in [3.8, 4) is 6.07 Å². The van der Waals surface area contributed by atoms with E-state index in [-0.39, 0.29) is 18.1 Å². The lowest BCUT2D eigenvalue weighted by Crippen LogP contribution is -2.36. The number of aryl methyl sites for hydroxylation is 1. The van der Waals surface area contributed by atoms with Crippen LogP contribution in [0.3, 0.4) is 0 Å². The zero-order chi connectivity index (χ0) is 15.7. The predicted octanol–water partition coefficient (Wildman–Crippen LogP) is -0.395. The van der Waals surface area contributed by atoms with Gasteiger partial charge < -0.3 is 9.47 Å². The highest BCUT2D eigenvalue weighted by Crippen LogP contribution is 2.10. The second kappa shape index (κ2) is 5.52. The smallest absolute Gasteiger partial charge is 0.346 e. The van der Waals surface area contributed by atoms with Crippen LogP contribution in [0, 0.1) is 11.3 Å². The molecule has 2 aromatic heterocycles. The van der Waals surface area contributed by atoms with Crippen molar-refractivity contribution in [3.63, 3.8) is 0 Å². The number of carbonyl (C=O) groups is 1. The summed E-state index contributed by atoms with van der Waals surface area (Å²) >= 11 is 0. The molecule has 0 aromatic carbocycles. The van der Waals surface area contributed by atoms with Crippen molar-refractivity contribution in [3.05, 3.63) is 40.3 Å². The maximum atomic E-state index is 12.5. The van der Waals surface area contributed by atoms with E-state index in [0.29, 0.717) is 37.6 Å². The zero-order valence-corrected chi connectivity index (χ0v) is 12.3. The largest absolute Gasteiger partial charge is 0.347 e. The van der Waals surface area contributed by atoms with Crippen LogP contribution in [-0.2, 0) is 26.6 Å². The quantitative estimate of drug-likeness (QED) is 0.755. The summed E-state index contributed by atoms with van der Waals surface area (Å²) in [5.41, 5.74) is 0.339. The van der Waals surface area contributed by atoms with E-state index in [0.717, 1.165) is 0 Å². The van der Waals surface area contributed by atoms with Gasteiger partial charge in [0, 0.05) is 39.3 Å². The number of hydrogen-bond acceptors (Lipinski definition) is 4. The highest BCUT2D eigenvalue weighted by Gasteiger charge is 2.23. The van der Waals surface area contributed by atoms with Gasteiger partial charge in [-0.1, -0.05) is 0 Å². The van der Waals surface area contributed by atoms with Gasteiger partial charge in [0.1, 0.15) is 18.1 Å². The Kier molecular flexibility index (Phi) is 3.55. The van der Waals surface area contributed by atoms with Crippen molar-refractivity contribution in [2.24, 2.45) is 7.05 Å². The topological polar surface area (TPSA) is 88.8 Å². The zero-order valence-electron chi connectivity index (χ0n) is 12.3. The molecule has 22 heavy (non-hydrogen) atoms. The van der Waals surface area contributed by atoms with Crippen molar-refractivity contribution in [2.45, 2.75) is 19.5 Å². The third-order valence-electron chi connectivity index (χ3n) is 3.87. The number of aromatic nitrogens is 4. The lowest BCUT2D eigenvalue weighted by Gasteiger charge is -2.20. The van der Waals surface area contributed by atoms with Gasteiger partial charge in [0.25, 0.3) is 5.91 Å². The molecule has 2 aromatic rings. The van der Waals surface area contributed by atoms with Crippen LogP contribution in [0.2, 0.25) is 0 Å². The summed E-state index contributed by atoms with van der Waals surface area (Å²) in [6.45, 7) is 1.31. The minimum atomic E-state index is -0.287. The van der Waals surface area contributed by atoms with Crippen molar-refractivity contribution in [2.75, 3.05) is 13.1 Å². The average molecular weight is 300 g/mol. The maximum Gasteiger partial charge on any atom is 0.346 e. The molecule has 3 heterocycles. The standard InChI is InChI=1S/C14H16N6O2/c1-17-6-2-3-11(17)13(21)18-7-4-12-16-20(8-5-15)14(22)19(12)10-9-18/h2-3,6H,4,7-10H2,1H3. The van der Waals surface area contributed by atoms with Gasteiger partial charge >= 0.3 is 5.69 Å². The van der Waals surface area contributed by atoms with E-state index in [1.807, 2.05) is 25.4 Å². The van der Waals surface area contributed by atoms with Crippen LogP contribution >= 0.6 is 0 Å². The minimum absolute atomic E-state index is 0.0457. The molecule has 0 atom stereocenters. The fourth-order valence-corrected chi connectivity index (χ4v) is 2.68. The summed E-state index contributed by atoms with van der Waals surface area (Å²) < 4.78 is 4.51. The third kappa shape index (κ3) is 2.30. The van der Waals surface area contributed by atoms with Crippen molar-refractivity contribution < 1.29 is 4.79 Å². The molecule has 0 saturated heterocycles. The Labute approximate surface area is 126 Å². The number of rotatable bonds is 2. The summed E-state index contributed by atoms with van der Waals surface area (Å²) in [7, 11) is 1.83. The van der Waals surface area contributed by atoms with Gasteiger partial charge in [0.15, 0.2) is 0 Å². The summed E-state index contributed by atoms with van der Waals surface area (Å²) in [5, 5.41) is 12.9. The van der Waals surface area contributed by atoms with Crippen LogP contribution in [0.25, 0.3) is 0 Å². The first-order chi connectivity index (χ1) is 10.6. The molecule has 0 fully saturated rings. The van der Waals surface area contributed by atoms with Gasteiger partial charge in [0.05, 0.1) is 6.07 Å². The molecular weight excluding hydrogens is 284 g/mol. The average Bonchev–Trinajstić information content (AvgIpc) is 2.97. The predicted molar refractivity (Wildman–Crippen MR) is 77.1 cm³/mol. The van der Waals surface area contributed by atoms with E-state index in [1.54, 1.807) is 20.1 Å². The van der Waals surface area contributed by atoms with Gasteiger partial charge in [-0.3, -0.25) is 9.36 Å². The lowest BCUT2D eigenvalue weighted by molar-refractivity contribution is 0.0749. The molecule has 1 aliphatic heterocycles. The monoisotopic (exact) mass is 300 g/mol. The molecule has 8 nitrogen and oxygen atoms in total. The van der Waals surface area contributed by atoms with Crippen molar-refractivity contribution >= 4 is 5.91 Å². The molecule has 0 unspecified atom stereocenters. The molecule has 3 rings (SSSR count). The Bertz CT molecular complexity index is 806. The molecule has 114 valence electrons. The molecule has 0 spiro atoms. The Morgan fingerprint density at radius 3 is 2.91 bits per heavy atom. The third-order valence-corrected chi connectivity index (χ3v) is 3.87. The second-order valence-electron chi connectivity index (χ2n) is 5.21. The number of nitrogens with zero attached hydrogens (tertiary/aromatic N) is 6. The Morgan fingerprint density at radius 2 is 2.23 bits per heavy atom. The number of nitriles is 1. The van der Waals surface area contributed by atoms with E-state index < -0.39 is 0 Å². The van der Waals surface area contributed by atoms with E-state index in [1.165, 1.54) is 4.68 Å². The minimum Gasteiger partial charge on any atom is -0.347 e. The van der Waals surface area contributed by atoms with Gasteiger partial charge in [0.2, 0.25) is 0 Å². The van der Waals surface area contributed by atoms with Crippen LogP contribution in [0.15, 0.2) is 23.1 Å². The lowest BCUT2D eigenvalue weighted by atomic mass is 10.3. The molecule has 0 aliphatic carbocycles. The molecule has 0 bridgehead atoms. The summed E-state index contributed by atoms with van der Waals surface area (Å²) in [6.07, 6.45) is 2.33. The van der Waals surface area contributed by atoms with E-state index in [2.05, 4.69) is 5.10 Å². The first kappa shape index (κ1) is 14.1. The molecule has 0 radical (unpaired) electrons. The van der Waals surface area contributed by atoms with Gasteiger partial charge in [-0.25, -0.2) is 4.79 Å². The Balaban J connectivity index is 1.80. The van der Waals surface area contributed by atoms with Gasteiger partial charge in [-0.2, -0.15) is 15.0 Å². The number of carbonyl (C=O) groups excluding carboxylic acids is 1. The van der Waals surface area contributed by atoms with Crippen LogP contribution in [0.5, 0.6) is 0 Å². The number of hydrogen-bond donors (Lipinski definition) is 0. The fourth-order valence-electron chi connectivity index (χ4n) is 2.68.